The number of halogens is 1. The normalized spacial score (nSPS) is 12.9. The van der Waals surface area contributed by atoms with Crippen molar-refractivity contribution in [1.82, 2.24) is 0 Å². The highest BCUT2D eigenvalue weighted by Crippen LogP contribution is 2.35. The summed E-state index contributed by atoms with van der Waals surface area (Å²) in [6.07, 6.45) is 7.06. The Kier molecular flexibility index (Phi) is 8.45. The molecule has 2 heteroatoms. The van der Waals surface area contributed by atoms with Gasteiger partial charge >= 0.3 is 0 Å². The van der Waals surface area contributed by atoms with E-state index in [4.69, 9.17) is 0 Å². The van der Waals surface area contributed by atoms with Crippen molar-refractivity contribution in [2.75, 3.05) is 13.6 Å². The number of rotatable bonds is 5. The Morgan fingerprint density at radius 2 is 1.53 bits per heavy atom. The third-order valence-electron chi connectivity index (χ3n) is 2.22. The molecule has 0 unspecified atom stereocenters. The first-order valence-corrected chi connectivity index (χ1v) is 5.70. The zero-order valence-electron chi connectivity index (χ0n) is 11.2. The highest BCUT2D eigenvalue weighted by molar-refractivity contribution is 4.88. The van der Waals surface area contributed by atoms with Crippen molar-refractivity contribution in [3.8, 4) is 0 Å². The van der Waals surface area contributed by atoms with Crippen molar-refractivity contribution < 1.29 is 17.7 Å². The predicted octanol–water partition coefficient (Wildman–Crippen LogP) is -0.408. The molecule has 0 aromatic carbocycles. The zero-order valence-corrected chi connectivity index (χ0v) is 12.0. The number of allylic oxidation sites excluding steroid dienone is 1. The van der Waals surface area contributed by atoms with Gasteiger partial charge in [0.2, 0.25) is 0 Å². The van der Waals surface area contributed by atoms with E-state index in [1.54, 1.807) is 0 Å². The second-order valence-electron chi connectivity index (χ2n) is 6.22. The molecule has 15 heavy (non-hydrogen) atoms. The Morgan fingerprint density at radius 1 is 1.00 bits per heavy atom. The molecule has 0 fully saturated rings. The van der Waals surface area contributed by atoms with Crippen LogP contribution in [0.2, 0.25) is 0 Å². The molecular formula is C13H28ClN. The van der Waals surface area contributed by atoms with Crippen LogP contribution in [-0.2, 0) is 0 Å². The fourth-order valence-electron chi connectivity index (χ4n) is 2.14. The lowest BCUT2D eigenvalue weighted by Crippen LogP contribution is -3.00. The maximum absolute atomic E-state index is 2.36. The topological polar surface area (TPSA) is 16.6 Å². The van der Waals surface area contributed by atoms with Crippen LogP contribution in [-0.4, -0.2) is 13.6 Å². The maximum Gasteiger partial charge on any atom is 0.0940 e. The van der Waals surface area contributed by atoms with E-state index < -0.39 is 0 Å². The second-order valence-corrected chi connectivity index (χ2v) is 6.22. The first-order chi connectivity index (χ1) is 6.27. The van der Waals surface area contributed by atoms with E-state index >= 15 is 0 Å². The summed E-state index contributed by atoms with van der Waals surface area (Å²) in [4.78, 5) is 0. The van der Waals surface area contributed by atoms with E-state index in [0.717, 1.165) is 6.54 Å². The van der Waals surface area contributed by atoms with Crippen molar-refractivity contribution in [1.29, 1.82) is 0 Å². The van der Waals surface area contributed by atoms with Gasteiger partial charge in [0.15, 0.2) is 0 Å². The van der Waals surface area contributed by atoms with Gasteiger partial charge in [-0.3, -0.25) is 0 Å². The summed E-state index contributed by atoms with van der Waals surface area (Å²) < 4.78 is 0. The van der Waals surface area contributed by atoms with Crippen molar-refractivity contribution >= 4 is 0 Å². The highest BCUT2D eigenvalue weighted by Gasteiger charge is 2.23. The lowest BCUT2D eigenvalue weighted by atomic mass is 9.74. The summed E-state index contributed by atoms with van der Waals surface area (Å²) >= 11 is 0. The molecule has 0 saturated heterocycles. The molecule has 0 atom stereocenters. The van der Waals surface area contributed by atoms with Gasteiger partial charge in [0.05, 0.1) is 13.6 Å². The predicted molar refractivity (Wildman–Crippen MR) is 64.3 cm³/mol. The van der Waals surface area contributed by atoms with Crippen LogP contribution in [0.4, 0.5) is 0 Å². The number of quaternary nitrogens is 1. The highest BCUT2D eigenvalue weighted by atomic mass is 35.5. The van der Waals surface area contributed by atoms with Gasteiger partial charge in [-0.15, -0.1) is 0 Å². The van der Waals surface area contributed by atoms with Crippen molar-refractivity contribution in [2.24, 2.45) is 10.8 Å². The smallest absolute Gasteiger partial charge is 0.0940 e. The van der Waals surface area contributed by atoms with Crippen LogP contribution in [0, 0.1) is 10.8 Å². The lowest BCUT2D eigenvalue weighted by molar-refractivity contribution is -0.617. The molecule has 0 aromatic heterocycles. The Bertz CT molecular complexity index is 177. The Labute approximate surface area is 102 Å². The van der Waals surface area contributed by atoms with E-state index in [2.05, 4.69) is 59.1 Å². The Hall–Kier alpha value is -0.0100. The van der Waals surface area contributed by atoms with E-state index in [1.807, 2.05) is 0 Å². The molecule has 0 amide bonds. The molecule has 0 aromatic rings. The average molecular weight is 234 g/mol. The van der Waals surface area contributed by atoms with Crippen molar-refractivity contribution in [3.05, 3.63) is 12.2 Å². The molecule has 0 saturated carbocycles. The minimum Gasteiger partial charge on any atom is -1.00 e. The molecule has 2 N–H and O–H groups in total. The van der Waals surface area contributed by atoms with Crippen LogP contribution in [0.5, 0.6) is 0 Å². The van der Waals surface area contributed by atoms with Crippen LogP contribution in [0.15, 0.2) is 12.2 Å². The minimum atomic E-state index is 0. The van der Waals surface area contributed by atoms with E-state index in [1.165, 1.54) is 12.8 Å². The molecule has 0 heterocycles. The SMILES string of the molecule is C[NH2+]CC=CCC(C)(C)CC(C)(C)C.[Cl-]. The summed E-state index contributed by atoms with van der Waals surface area (Å²) in [6.45, 7) is 12.8. The third kappa shape index (κ3) is 11.9. The van der Waals surface area contributed by atoms with E-state index in [9.17, 15) is 0 Å². The Morgan fingerprint density at radius 3 is 1.93 bits per heavy atom. The first-order valence-electron chi connectivity index (χ1n) is 5.70. The summed E-state index contributed by atoms with van der Waals surface area (Å²) in [5, 5.41) is 2.19. The largest absolute Gasteiger partial charge is 1.00 e. The second kappa shape index (κ2) is 7.29. The number of likely N-dealkylation sites (N-methyl/N-ethyl adjacent to an activating group) is 1. The van der Waals surface area contributed by atoms with E-state index in [0.29, 0.717) is 10.8 Å². The van der Waals surface area contributed by atoms with Crippen molar-refractivity contribution in [2.45, 2.75) is 47.5 Å². The maximum atomic E-state index is 2.36. The molecule has 0 aliphatic rings. The molecule has 0 aliphatic carbocycles. The molecule has 0 spiro atoms. The molecule has 0 rings (SSSR count). The molecular weight excluding hydrogens is 206 g/mol. The van der Waals surface area contributed by atoms with Crippen molar-refractivity contribution in [3.63, 3.8) is 0 Å². The first kappa shape index (κ1) is 17.4. The molecule has 92 valence electrons. The molecule has 1 nitrogen and oxygen atoms in total. The number of hydrogen-bond acceptors (Lipinski definition) is 0. The molecule has 0 bridgehead atoms. The van der Waals surface area contributed by atoms with Gasteiger partial charge in [-0.1, -0.05) is 40.7 Å². The van der Waals surface area contributed by atoms with Gasteiger partial charge in [-0.25, -0.2) is 0 Å². The fourth-order valence-corrected chi connectivity index (χ4v) is 2.14. The van der Waals surface area contributed by atoms with Crippen LogP contribution in [0.25, 0.3) is 0 Å². The van der Waals surface area contributed by atoms with Gasteiger partial charge in [0.1, 0.15) is 0 Å². The number of hydrogen-bond donors (Lipinski definition) is 1. The standard InChI is InChI=1S/C13H27N.ClH/c1-12(2,3)11-13(4,5)9-7-8-10-14-6;/h7-8,14H,9-11H2,1-6H3;1H. The molecule has 0 aliphatic heterocycles. The van der Waals surface area contributed by atoms with Gasteiger partial charge in [-0.2, -0.15) is 0 Å². The fraction of sp³-hybridized carbons (Fsp3) is 0.846. The van der Waals surface area contributed by atoms with Gasteiger partial charge < -0.3 is 17.7 Å². The summed E-state index contributed by atoms with van der Waals surface area (Å²) in [5.74, 6) is 0. The van der Waals surface area contributed by atoms with Gasteiger partial charge in [-0.05, 0) is 29.7 Å². The number of nitrogens with two attached hydrogens (primary N) is 1. The lowest BCUT2D eigenvalue weighted by Gasteiger charge is -2.31. The zero-order chi connectivity index (χ0) is 11.2. The van der Waals surface area contributed by atoms with Crippen LogP contribution < -0.4 is 17.7 Å². The third-order valence-corrected chi connectivity index (χ3v) is 2.22. The average Bonchev–Trinajstić information content (AvgIpc) is 1.93. The summed E-state index contributed by atoms with van der Waals surface area (Å²) in [6, 6.07) is 0. The summed E-state index contributed by atoms with van der Waals surface area (Å²) in [5.41, 5.74) is 0.872. The van der Waals surface area contributed by atoms with E-state index in [-0.39, 0.29) is 12.4 Å². The summed E-state index contributed by atoms with van der Waals surface area (Å²) in [7, 11) is 2.10. The minimum absolute atomic E-state index is 0. The van der Waals surface area contributed by atoms with Crippen LogP contribution >= 0.6 is 0 Å². The molecule has 0 radical (unpaired) electrons. The van der Waals surface area contributed by atoms with Gasteiger partial charge in [0, 0.05) is 0 Å². The monoisotopic (exact) mass is 233 g/mol. The quantitative estimate of drug-likeness (QED) is 0.623. The van der Waals surface area contributed by atoms with Crippen LogP contribution in [0.1, 0.15) is 47.5 Å². The van der Waals surface area contributed by atoms with Crippen LogP contribution in [0.3, 0.4) is 0 Å². The Balaban J connectivity index is 0. The van der Waals surface area contributed by atoms with Gasteiger partial charge in [0.25, 0.3) is 0 Å².